The molecular formula is C13H17NO. The summed E-state index contributed by atoms with van der Waals surface area (Å²) in [6, 6.07) is 8.24. The maximum absolute atomic E-state index is 5.81. The minimum atomic E-state index is 0.899. The average Bonchev–Trinajstić information content (AvgIpc) is 2.64. The van der Waals surface area contributed by atoms with Crippen molar-refractivity contribution in [2.75, 3.05) is 6.54 Å². The monoisotopic (exact) mass is 203 g/mol. The molecule has 1 N–H and O–H groups in total. The van der Waals surface area contributed by atoms with Crippen LogP contribution in [-0.4, -0.2) is 6.54 Å². The molecule has 0 saturated heterocycles. The van der Waals surface area contributed by atoms with E-state index in [4.69, 9.17) is 4.42 Å². The molecule has 1 aromatic heterocycles. The van der Waals surface area contributed by atoms with Crippen molar-refractivity contribution < 1.29 is 4.42 Å². The zero-order valence-electron chi connectivity index (χ0n) is 9.34. The lowest BCUT2D eigenvalue weighted by molar-refractivity contribution is 0.545. The van der Waals surface area contributed by atoms with Gasteiger partial charge in [0.25, 0.3) is 0 Å². The molecule has 0 atom stereocenters. The number of nitrogens with one attached hydrogen (secondary N) is 1. The molecule has 2 nitrogen and oxygen atoms in total. The summed E-state index contributed by atoms with van der Waals surface area (Å²) in [6.07, 6.45) is 0.954. The second kappa shape index (κ2) is 4.49. The minimum absolute atomic E-state index is 0.899. The first-order valence-electron chi connectivity index (χ1n) is 5.56. The van der Waals surface area contributed by atoms with E-state index >= 15 is 0 Å². The van der Waals surface area contributed by atoms with Gasteiger partial charge >= 0.3 is 0 Å². The van der Waals surface area contributed by atoms with Crippen LogP contribution in [-0.2, 0) is 13.0 Å². The molecule has 1 heterocycles. The van der Waals surface area contributed by atoms with Crippen molar-refractivity contribution in [1.82, 2.24) is 5.32 Å². The van der Waals surface area contributed by atoms with Gasteiger partial charge in [-0.05, 0) is 12.6 Å². The summed E-state index contributed by atoms with van der Waals surface area (Å²) < 4.78 is 5.81. The van der Waals surface area contributed by atoms with Crippen molar-refractivity contribution in [3.8, 4) is 0 Å². The fourth-order valence-electron chi connectivity index (χ4n) is 1.88. The van der Waals surface area contributed by atoms with Crippen molar-refractivity contribution in [2.45, 2.75) is 26.8 Å². The largest absolute Gasteiger partial charge is 0.461 e. The van der Waals surface area contributed by atoms with Gasteiger partial charge in [0.2, 0.25) is 0 Å². The van der Waals surface area contributed by atoms with Crippen molar-refractivity contribution in [3.63, 3.8) is 0 Å². The van der Waals surface area contributed by atoms with Gasteiger partial charge in [0.05, 0.1) is 0 Å². The minimum Gasteiger partial charge on any atom is -0.461 e. The summed E-state index contributed by atoms with van der Waals surface area (Å²) in [7, 11) is 0. The van der Waals surface area contributed by atoms with Gasteiger partial charge in [-0.15, -0.1) is 0 Å². The van der Waals surface area contributed by atoms with E-state index in [2.05, 4.69) is 31.3 Å². The number of benzene rings is 1. The summed E-state index contributed by atoms with van der Waals surface area (Å²) in [6.45, 7) is 6.14. The normalized spacial score (nSPS) is 11.1. The Morgan fingerprint density at radius 1 is 1.20 bits per heavy atom. The molecule has 2 heteroatoms. The highest BCUT2D eigenvalue weighted by molar-refractivity contribution is 5.82. The van der Waals surface area contributed by atoms with Gasteiger partial charge in [-0.2, -0.15) is 0 Å². The summed E-state index contributed by atoms with van der Waals surface area (Å²) in [5.74, 6) is 1.11. The zero-order valence-corrected chi connectivity index (χ0v) is 9.34. The Morgan fingerprint density at radius 3 is 2.73 bits per heavy atom. The molecule has 0 fully saturated rings. The van der Waals surface area contributed by atoms with E-state index in [0.717, 1.165) is 30.9 Å². The van der Waals surface area contributed by atoms with Crippen LogP contribution in [0.25, 0.3) is 11.0 Å². The predicted molar refractivity (Wildman–Crippen MR) is 63.0 cm³/mol. The summed E-state index contributed by atoms with van der Waals surface area (Å²) >= 11 is 0. The van der Waals surface area contributed by atoms with Crippen molar-refractivity contribution in [3.05, 3.63) is 35.6 Å². The summed E-state index contributed by atoms with van der Waals surface area (Å²) in [5, 5.41) is 4.60. The van der Waals surface area contributed by atoms with Crippen molar-refractivity contribution in [1.29, 1.82) is 0 Å². The number of para-hydroxylation sites is 1. The van der Waals surface area contributed by atoms with Crippen LogP contribution in [0.2, 0.25) is 0 Å². The summed E-state index contributed by atoms with van der Waals surface area (Å²) in [4.78, 5) is 0. The fraction of sp³-hybridized carbons (Fsp3) is 0.385. The summed E-state index contributed by atoms with van der Waals surface area (Å²) in [5.41, 5.74) is 2.32. The van der Waals surface area contributed by atoms with Crippen LogP contribution >= 0.6 is 0 Å². The van der Waals surface area contributed by atoms with E-state index in [9.17, 15) is 0 Å². The quantitative estimate of drug-likeness (QED) is 0.826. The first-order chi connectivity index (χ1) is 7.36. The van der Waals surface area contributed by atoms with Crippen LogP contribution in [0.3, 0.4) is 0 Å². The van der Waals surface area contributed by atoms with Crippen molar-refractivity contribution >= 4 is 11.0 Å². The lowest BCUT2D eigenvalue weighted by atomic mass is 10.1. The van der Waals surface area contributed by atoms with Gasteiger partial charge in [0, 0.05) is 23.9 Å². The van der Waals surface area contributed by atoms with Crippen LogP contribution in [0.1, 0.15) is 25.2 Å². The standard InChI is InChI=1S/C13H17NO/c1-3-12-11(9-14-4-2)10-7-5-6-8-13(10)15-12/h5-8,14H,3-4,9H2,1-2H3. The molecule has 0 aliphatic rings. The van der Waals surface area contributed by atoms with Crippen LogP contribution in [0.15, 0.2) is 28.7 Å². The third kappa shape index (κ3) is 1.90. The second-order valence-electron chi connectivity index (χ2n) is 3.63. The molecule has 0 amide bonds. The number of aryl methyl sites for hydroxylation is 1. The molecule has 15 heavy (non-hydrogen) atoms. The molecule has 2 aromatic rings. The molecule has 0 unspecified atom stereocenters. The molecule has 0 radical (unpaired) electrons. The van der Waals surface area contributed by atoms with Crippen LogP contribution < -0.4 is 5.32 Å². The number of hydrogen-bond acceptors (Lipinski definition) is 2. The van der Waals surface area contributed by atoms with E-state index < -0.39 is 0 Å². The molecule has 0 spiro atoms. The first kappa shape index (κ1) is 10.2. The van der Waals surface area contributed by atoms with E-state index in [0.29, 0.717) is 0 Å². The number of furan rings is 1. The second-order valence-corrected chi connectivity index (χ2v) is 3.63. The van der Waals surface area contributed by atoms with Gasteiger partial charge in [0.15, 0.2) is 0 Å². The molecule has 0 saturated carbocycles. The molecule has 0 aliphatic heterocycles. The first-order valence-corrected chi connectivity index (χ1v) is 5.56. The smallest absolute Gasteiger partial charge is 0.134 e. The molecule has 0 bridgehead atoms. The predicted octanol–water partition coefficient (Wildman–Crippen LogP) is 3.10. The highest BCUT2D eigenvalue weighted by atomic mass is 16.3. The number of fused-ring (bicyclic) bond motifs is 1. The Kier molecular flexibility index (Phi) is 3.07. The zero-order chi connectivity index (χ0) is 10.7. The lowest BCUT2D eigenvalue weighted by Crippen LogP contribution is -2.12. The highest BCUT2D eigenvalue weighted by Gasteiger charge is 2.10. The Morgan fingerprint density at radius 2 is 2.00 bits per heavy atom. The maximum Gasteiger partial charge on any atom is 0.134 e. The van der Waals surface area contributed by atoms with Gasteiger partial charge in [-0.1, -0.05) is 32.0 Å². The number of rotatable bonds is 4. The van der Waals surface area contributed by atoms with E-state index in [-0.39, 0.29) is 0 Å². The van der Waals surface area contributed by atoms with Crippen LogP contribution in [0.4, 0.5) is 0 Å². The van der Waals surface area contributed by atoms with Crippen molar-refractivity contribution in [2.24, 2.45) is 0 Å². The molecule has 1 aromatic carbocycles. The van der Waals surface area contributed by atoms with E-state index in [1.807, 2.05) is 12.1 Å². The molecule has 0 aliphatic carbocycles. The third-order valence-corrected chi connectivity index (χ3v) is 2.65. The Balaban J connectivity index is 2.47. The van der Waals surface area contributed by atoms with Gasteiger partial charge in [0.1, 0.15) is 11.3 Å². The molecule has 80 valence electrons. The third-order valence-electron chi connectivity index (χ3n) is 2.65. The molecular weight excluding hydrogens is 186 g/mol. The lowest BCUT2D eigenvalue weighted by Gasteiger charge is -2.01. The Bertz CT molecular complexity index is 445. The van der Waals surface area contributed by atoms with E-state index in [1.165, 1.54) is 10.9 Å². The Labute approximate surface area is 90.3 Å². The van der Waals surface area contributed by atoms with Gasteiger partial charge in [-0.3, -0.25) is 0 Å². The van der Waals surface area contributed by atoms with Gasteiger partial charge < -0.3 is 9.73 Å². The number of hydrogen-bond donors (Lipinski definition) is 1. The maximum atomic E-state index is 5.81. The average molecular weight is 203 g/mol. The Hall–Kier alpha value is -1.28. The van der Waals surface area contributed by atoms with Crippen LogP contribution in [0, 0.1) is 0 Å². The fourth-order valence-corrected chi connectivity index (χ4v) is 1.88. The van der Waals surface area contributed by atoms with E-state index in [1.54, 1.807) is 0 Å². The SMILES string of the molecule is CCNCc1c(CC)oc2ccccc12. The van der Waals surface area contributed by atoms with Crippen LogP contribution in [0.5, 0.6) is 0 Å². The molecule has 2 rings (SSSR count). The van der Waals surface area contributed by atoms with Gasteiger partial charge in [-0.25, -0.2) is 0 Å². The highest BCUT2D eigenvalue weighted by Crippen LogP contribution is 2.25. The topological polar surface area (TPSA) is 25.2 Å².